The Morgan fingerprint density at radius 1 is 1.12 bits per heavy atom. The van der Waals surface area contributed by atoms with Crippen LogP contribution in [-0.4, -0.2) is 30.5 Å². The van der Waals surface area contributed by atoms with Crippen LogP contribution in [-0.2, 0) is 0 Å². The van der Waals surface area contributed by atoms with Crippen LogP contribution in [0.5, 0.6) is 0 Å². The number of aliphatic hydroxyl groups is 1. The van der Waals surface area contributed by atoms with E-state index in [1.165, 1.54) is 19.0 Å². The number of hydrogen-bond donors (Lipinski definition) is 3. The minimum atomic E-state index is -0.319. The third kappa shape index (κ3) is 48.4. The molecule has 0 rings (SSSR count). The fraction of sp³-hybridized carbons (Fsp3) is 1.00. The van der Waals surface area contributed by atoms with Gasteiger partial charge in [-0.2, -0.15) is 0 Å². The maximum atomic E-state index is 8.81. The minimum absolute atomic E-state index is 0.296. The maximum absolute atomic E-state index is 8.81. The predicted octanol–water partition coefficient (Wildman–Crippen LogP) is 2.61. The highest BCUT2D eigenvalue weighted by atomic mass is 31.0. The van der Waals surface area contributed by atoms with Crippen LogP contribution < -0.4 is 11.5 Å². The Balaban J connectivity index is -0.0000000743. The summed E-state index contributed by atoms with van der Waals surface area (Å²) in [5.41, 5.74) is 10.3. The number of hydrogen-bond acceptors (Lipinski definition) is 3. The predicted molar refractivity (Wildman–Crippen MR) is 85.5 cm³/mol. The summed E-state index contributed by atoms with van der Waals surface area (Å²) in [5.74, 6) is 0.296. The molecule has 17 heavy (non-hydrogen) atoms. The topological polar surface area (TPSA) is 72.3 Å². The lowest BCUT2D eigenvalue weighted by Gasteiger charge is -2.09. The molecular formula is C13H37N2OP. The standard InChI is InChI=1S/C5H13NO.C4H11N.C2H7P.C2H6/c1-4(2)5(7)3-6;1-2-3-4-5;1-2-3;1-2/h4-5,7H,3,6H2,1-2H3;2-5H2,1H3;2-3H2,1H3;1-2H3. The molecule has 3 nitrogen and oxygen atoms in total. The third-order valence-corrected chi connectivity index (χ3v) is 1.57. The lowest BCUT2D eigenvalue weighted by molar-refractivity contribution is 0.133. The van der Waals surface area contributed by atoms with Gasteiger partial charge in [-0.15, -0.1) is 9.24 Å². The van der Waals surface area contributed by atoms with Crippen molar-refractivity contribution in [2.45, 2.75) is 60.5 Å². The second-order valence-electron chi connectivity index (χ2n) is 3.60. The molecule has 0 heterocycles. The fourth-order valence-corrected chi connectivity index (χ4v) is 0.476. The Bertz CT molecular complexity index is 91.5. The van der Waals surface area contributed by atoms with E-state index in [1.807, 2.05) is 27.7 Å². The Labute approximate surface area is 112 Å². The molecule has 0 aromatic rings. The second-order valence-corrected chi connectivity index (χ2v) is 4.41. The summed E-state index contributed by atoms with van der Waals surface area (Å²) in [5, 5.41) is 8.81. The fourth-order valence-electron chi connectivity index (χ4n) is 0.476. The molecule has 5 N–H and O–H groups in total. The van der Waals surface area contributed by atoms with Gasteiger partial charge in [0, 0.05) is 6.54 Å². The van der Waals surface area contributed by atoms with Crippen molar-refractivity contribution >= 4 is 9.24 Å². The first-order chi connectivity index (χ1) is 8.01. The van der Waals surface area contributed by atoms with Gasteiger partial charge in [-0.1, -0.05) is 48.0 Å². The van der Waals surface area contributed by atoms with Gasteiger partial charge in [-0.05, 0) is 25.0 Å². The molecule has 0 bridgehead atoms. The van der Waals surface area contributed by atoms with Crippen LogP contribution in [0.3, 0.4) is 0 Å². The first-order valence-electron chi connectivity index (χ1n) is 6.79. The van der Waals surface area contributed by atoms with Crippen molar-refractivity contribution in [1.29, 1.82) is 0 Å². The van der Waals surface area contributed by atoms with Gasteiger partial charge in [0.25, 0.3) is 0 Å². The van der Waals surface area contributed by atoms with E-state index in [4.69, 9.17) is 16.6 Å². The van der Waals surface area contributed by atoms with E-state index in [2.05, 4.69) is 23.1 Å². The molecule has 0 aliphatic rings. The molecule has 0 aromatic carbocycles. The number of aliphatic hydroxyl groups excluding tert-OH is 1. The second kappa shape index (κ2) is 29.9. The molecule has 0 saturated carbocycles. The van der Waals surface area contributed by atoms with Gasteiger partial charge in [0.05, 0.1) is 6.10 Å². The minimum Gasteiger partial charge on any atom is -0.392 e. The summed E-state index contributed by atoms with van der Waals surface area (Å²) in [7, 11) is 2.58. The van der Waals surface area contributed by atoms with Crippen LogP contribution >= 0.6 is 9.24 Å². The van der Waals surface area contributed by atoms with Gasteiger partial charge in [-0.25, -0.2) is 0 Å². The summed E-state index contributed by atoms with van der Waals surface area (Å²) in [4.78, 5) is 0. The van der Waals surface area contributed by atoms with E-state index in [0.717, 1.165) is 6.54 Å². The normalized spacial score (nSPS) is 10.1. The zero-order chi connectivity index (χ0) is 14.7. The van der Waals surface area contributed by atoms with Crippen molar-refractivity contribution < 1.29 is 5.11 Å². The molecule has 2 atom stereocenters. The van der Waals surface area contributed by atoms with E-state index >= 15 is 0 Å². The van der Waals surface area contributed by atoms with Crippen molar-refractivity contribution in [3.8, 4) is 0 Å². The van der Waals surface area contributed by atoms with Gasteiger partial charge in [-0.3, -0.25) is 0 Å². The number of unbranched alkanes of at least 4 members (excludes halogenated alkanes) is 1. The number of nitrogens with two attached hydrogens (primary N) is 2. The first-order valence-corrected chi connectivity index (χ1v) is 7.61. The molecule has 110 valence electrons. The number of rotatable bonds is 4. The van der Waals surface area contributed by atoms with E-state index in [-0.39, 0.29) is 6.10 Å². The molecule has 0 fully saturated rings. The van der Waals surface area contributed by atoms with Crippen LogP contribution in [0.1, 0.15) is 54.4 Å². The van der Waals surface area contributed by atoms with Crippen LogP contribution in [0.2, 0.25) is 0 Å². The molecule has 0 aliphatic carbocycles. The molecule has 0 aliphatic heterocycles. The molecular weight excluding hydrogens is 231 g/mol. The molecule has 0 radical (unpaired) electrons. The Hall–Kier alpha value is 0.310. The zero-order valence-corrected chi connectivity index (χ0v) is 14.0. The highest BCUT2D eigenvalue weighted by Gasteiger charge is 2.03. The van der Waals surface area contributed by atoms with E-state index < -0.39 is 0 Å². The van der Waals surface area contributed by atoms with E-state index in [0.29, 0.717) is 12.5 Å². The molecule has 0 spiro atoms. The summed E-state index contributed by atoms with van der Waals surface area (Å²) >= 11 is 0. The third-order valence-electron chi connectivity index (χ3n) is 1.57. The average Bonchev–Trinajstić information content (AvgIpc) is 2.33. The average molecular weight is 268 g/mol. The van der Waals surface area contributed by atoms with E-state index in [9.17, 15) is 0 Å². The van der Waals surface area contributed by atoms with E-state index in [1.54, 1.807) is 0 Å². The highest BCUT2D eigenvalue weighted by Crippen LogP contribution is 1.96. The Morgan fingerprint density at radius 2 is 1.47 bits per heavy atom. The van der Waals surface area contributed by atoms with Crippen molar-refractivity contribution in [3.05, 3.63) is 0 Å². The van der Waals surface area contributed by atoms with Crippen LogP contribution in [0, 0.1) is 5.92 Å². The summed E-state index contributed by atoms with van der Waals surface area (Å²) in [6.45, 7) is 13.3. The largest absolute Gasteiger partial charge is 0.392 e. The lowest BCUT2D eigenvalue weighted by Crippen LogP contribution is -2.24. The zero-order valence-electron chi connectivity index (χ0n) is 12.9. The summed E-state index contributed by atoms with van der Waals surface area (Å²) in [6, 6.07) is 0. The van der Waals surface area contributed by atoms with Crippen molar-refractivity contribution in [3.63, 3.8) is 0 Å². The van der Waals surface area contributed by atoms with Gasteiger partial charge in [0.1, 0.15) is 0 Å². The van der Waals surface area contributed by atoms with Crippen LogP contribution in [0.4, 0.5) is 0 Å². The van der Waals surface area contributed by atoms with Gasteiger partial charge in [0.15, 0.2) is 0 Å². The lowest BCUT2D eigenvalue weighted by atomic mass is 10.1. The molecule has 4 heteroatoms. The smallest absolute Gasteiger partial charge is 0.0685 e. The summed E-state index contributed by atoms with van der Waals surface area (Å²) in [6.07, 6.45) is 3.23. The van der Waals surface area contributed by atoms with Crippen LogP contribution in [0.25, 0.3) is 0 Å². The van der Waals surface area contributed by atoms with Crippen LogP contribution in [0.15, 0.2) is 0 Å². The highest BCUT2D eigenvalue weighted by molar-refractivity contribution is 7.16. The van der Waals surface area contributed by atoms with Gasteiger partial charge < -0.3 is 16.6 Å². The van der Waals surface area contributed by atoms with Gasteiger partial charge in [0.2, 0.25) is 0 Å². The summed E-state index contributed by atoms with van der Waals surface area (Å²) < 4.78 is 0. The molecule has 0 saturated heterocycles. The Morgan fingerprint density at radius 3 is 1.47 bits per heavy atom. The van der Waals surface area contributed by atoms with Crippen molar-refractivity contribution in [2.75, 3.05) is 19.3 Å². The van der Waals surface area contributed by atoms with Crippen molar-refractivity contribution in [1.82, 2.24) is 0 Å². The Kier molecular flexibility index (Phi) is 45.7. The molecule has 0 aromatic heterocycles. The first kappa shape index (κ1) is 26.0. The molecule has 0 amide bonds. The van der Waals surface area contributed by atoms with Gasteiger partial charge >= 0.3 is 0 Å². The monoisotopic (exact) mass is 268 g/mol. The van der Waals surface area contributed by atoms with Crippen molar-refractivity contribution in [2.24, 2.45) is 17.4 Å². The maximum Gasteiger partial charge on any atom is 0.0685 e. The molecule has 2 unspecified atom stereocenters. The quantitative estimate of drug-likeness (QED) is 0.686. The SMILES string of the molecule is CC.CC(C)C(O)CN.CCCCN.CCP.